The van der Waals surface area contributed by atoms with Gasteiger partial charge >= 0.3 is 0 Å². The highest BCUT2D eigenvalue weighted by atomic mass is 35.5. The Balaban J connectivity index is 1.14. The van der Waals surface area contributed by atoms with Gasteiger partial charge in [-0.05, 0) is 112 Å². The van der Waals surface area contributed by atoms with Crippen LogP contribution in [0, 0.1) is 0 Å². The van der Waals surface area contributed by atoms with Gasteiger partial charge in [0.15, 0.2) is 0 Å². The van der Waals surface area contributed by atoms with Gasteiger partial charge in [-0.15, -0.1) is 0 Å². The molecular weight excluding hydrogens is 604 g/mol. The third kappa shape index (κ3) is 4.48. The molecule has 0 bridgehead atoms. The second kappa shape index (κ2) is 11.0. The molecule has 7 aromatic carbocycles. The highest BCUT2D eigenvalue weighted by Gasteiger charge is 2.35. The molecular formula is C45H33ClN2. The Morgan fingerprint density at radius 3 is 1.88 bits per heavy atom. The molecule has 0 fully saturated rings. The lowest BCUT2D eigenvalue weighted by Crippen LogP contribution is -2.16. The van der Waals surface area contributed by atoms with E-state index in [1.54, 1.807) is 0 Å². The smallest absolute Gasteiger partial charge is 0.0541 e. The summed E-state index contributed by atoms with van der Waals surface area (Å²) in [4.78, 5) is 2.33. The number of anilines is 3. The van der Waals surface area contributed by atoms with Crippen molar-refractivity contribution < 1.29 is 0 Å². The van der Waals surface area contributed by atoms with E-state index in [4.69, 9.17) is 11.6 Å². The topological polar surface area (TPSA) is 8.17 Å². The van der Waals surface area contributed by atoms with Gasteiger partial charge in [0.2, 0.25) is 0 Å². The zero-order valence-corrected chi connectivity index (χ0v) is 27.6. The van der Waals surface area contributed by atoms with Crippen LogP contribution in [0.1, 0.15) is 25.0 Å². The van der Waals surface area contributed by atoms with Gasteiger partial charge in [0.25, 0.3) is 0 Å². The zero-order chi connectivity index (χ0) is 32.4. The molecule has 9 rings (SSSR count). The summed E-state index contributed by atoms with van der Waals surface area (Å²) < 4.78 is 2.36. The molecule has 1 heterocycles. The molecule has 0 spiro atoms. The van der Waals surface area contributed by atoms with Crippen molar-refractivity contribution in [2.75, 3.05) is 4.90 Å². The quantitative estimate of drug-likeness (QED) is 0.182. The third-order valence-corrected chi connectivity index (χ3v) is 10.3. The molecule has 0 N–H and O–H groups in total. The Kier molecular flexibility index (Phi) is 6.57. The average Bonchev–Trinajstić information content (AvgIpc) is 3.58. The van der Waals surface area contributed by atoms with Crippen molar-refractivity contribution in [2.45, 2.75) is 19.3 Å². The van der Waals surface area contributed by atoms with Gasteiger partial charge in [-0.25, -0.2) is 0 Å². The molecule has 0 saturated heterocycles. The number of nitrogens with zero attached hydrogens (tertiary/aromatic N) is 2. The van der Waals surface area contributed by atoms with E-state index in [2.05, 4.69) is 175 Å². The van der Waals surface area contributed by atoms with Gasteiger partial charge in [-0.2, -0.15) is 0 Å². The number of hydrogen-bond acceptors (Lipinski definition) is 1. The first-order valence-corrected chi connectivity index (χ1v) is 16.8. The number of rotatable bonds is 5. The van der Waals surface area contributed by atoms with E-state index >= 15 is 0 Å². The van der Waals surface area contributed by atoms with Gasteiger partial charge in [-0.1, -0.05) is 110 Å². The summed E-state index contributed by atoms with van der Waals surface area (Å²) in [5.41, 5.74) is 14.5. The predicted molar refractivity (Wildman–Crippen MR) is 203 cm³/mol. The van der Waals surface area contributed by atoms with Gasteiger partial charge in [-0.3, -0.25) is 0 Å². The van der Waals surface area contributed by atoms with Crippen LogP contribution in [0.3, 0.4) is 0 Å². The Labute approximate surface area is 286 Å². The Hall–Kier alpha value is -5.57. The lowest BCUT2D eigenvalue weighted by atomic mass is 9.82. The van der Waals surface area contributed by atoms with Crippen molar-refractivity contribution in [1.82, 2.24) is 4.57 Å². The van der Waals surface area contributed by atoms with Crippen molar-refractivity contribution in [1.29, 1.82) is 0 Å². The van der Waals surface area contributed by atoms with Gasteiger partial charge in [0, 0.05) is 44.0 Å². The minimum atomic E-state index is -0.0836. The molecule has 8 aromatic rings. The molecule has 0 radical (unpaired) electrons. The molecule has 1 aromatic heterocycles. The number of benzene rings is 7. The van der Waals surface area contributed by atoms with E-state index < -0.39 is 0 Å². The molecule has 0 aliphatic heterocycles. The molecule has 0 unspecified atom stereocenters. The number of para-hydroxylation sites is 2. The van der Waals surface area contributed by atoms with E-state index in [0.29, 0.717) is 0 Å². The summed E-state index contributed by atoms with van der Waals surface area (Å²) in [6, 6.07) is 58.9. The first-order chi connectivity index (χ1) is 23.5. The Bertz CT molecular complexity index is 2470. The number of halogens is 1. The van der Waals surface area contributed by atoms with Crippen LogP contribution in [0.5, 0.6) is 0 Å². The van der Waals surface area contributed by atoms with Crippen LogP contribution >= 0.6 is 11.6 Å². The van der Waals surface area contributed by atoms with E-state index in [9.17, 15) is 0 Å². The SMILES string of the molecule is CC1(C)c2ccccc2-c2ccc(N(c3ccc(Cl)cc3)c3ccc(-c4ccc5c(c4)c4ccccc4n5-c4ccccc4)cc3)cc21. The van der Waals surface area contributed by atoms with Crippen LogP contribution in [-0.2, 0) is 5.41 Å². The molecule has 1 aliphatic carbocycles. The largest absolute Gasteiger partial charge is 0.310 e. The second-order valence-electron chi connectivity index (χ2n) is 13.2. The first-order valence-electron chi connectivity index (χ1n) is 16.5. The van der Waals surface area contributed by atoms with E-state index in [-0.39, 0.29) is 5.41 Å². The molecule has 0 atom stereocenters. The monoisotopic (exact) mass is 636 g/mol. The molecule has 48 heavy (non-hydrogen) atoms. The highest BCUT2D eigenvalue weighted by Crippen LogP contribution is 2.50. The molecule has 2 nitrogen and oxygen atoms in total. The first kappa shape index (κ1) is 28.6. The molecule has 3 heteroatoms. The maximum Gasteiger partial charge on any atom is 0.0541 e. The van der Waals surface area contributed by atoms with E-state index in [1.807, 2.05) is 12.1 Å². The molecule has 0 saturated carbocycles. The van der Waals surface area contributed by atoms with Crippen LogP contribution < -0.4 is 4.90 Å². The minimum absolute atomic E-state index is 0.0836. The molecule has 1 aliphatic rings. The lowest BCUT2D eigenvalue weighted by molar-refractivity contribution is 0.660. The Morgan fingerprint density at radius 2 is 1.08 bits per heavy atom. The van der Waals surface area contributed by atoms with Gasteiger partial charge < -0.3 is 9.47 Å². The summed E-state index contributed by atoms with van der Waals surface area (Å²) >= 11 is 6.36. The average molecular weight is 637 g/mol. The summed E-state index contributed by atoms with van der Waals surface area (Å²) in [7, 11) is 0. The second-order valence-corrected chi connectivity index (χ2v) is 13.6. The van der Waals surface area contributed by atoms with Crippen LogP contribution in [0.25, 0.3) is 49.7 Å². The maximum absolute atomic E-state index is 6.36. The van der Waals surface area contributed by atoms with Gasteiger partial charge in [0.05, 0.1) is 11.0 Å². The van der Waals surface area contributed by atoms with Crippen molar-refractivity contribution in [3.63, 3.8) is 0 Å². The fraction of sp³-hybridized carbons (Fsp3) is 0.0667. The van der Waals surface area contributed by atoms with Crippen LogP contribution in [0.2, 0.25) is 5.02 Å². The third-order valence-electron chi connectivity index (χ3n) is 10.1. The maximum atomic E-state index is 6.36. The standard InChI is InChI=1S/C45H33ClN2/c1-45(2)41-14-8-6-12-37(41)38-26-25-36(29-42(38)45)47(35-23-19-32(46)20-24-35)34-21-16-30(17-22-34)31-18-27-44-40(28-31)39-13-7-9-15-43(39)48(44)33-10-4-3-5-11-33/h3-29H,1-2H3. The fourth-order valence-corrected chi connectivity index (χ4v) is 7.81. The molecule has 230 valence electrons. The Morgan fingerprint density at radius 1 is 0.479 bits per heavy atom. The van der Waals surface area contributed by atoms with Crippen molar-refractivity contribution >= 4 is 50.5 Å². The van der Waals surface area contributed by atoms with Gasteiger partial charge in [0.1, 0.15) is 0 Å². The minimum Gasteiger partial charge on any atom is -0.310 e. The lowest BCUT2D eigenvalue weighted by Gasteiger charge is -2.28. The number of fused-ring (bicyclic) bond motifs is 6. The van der Waals surface area contributed by atoms with Crippen molar-refractivity contribution in [3.05, 3.63) is 180 Å². The predicted octanol–water partition coefficient (Wildman–Crippen LogP) is 12.9. The van der Waals surface area contributed by atoms with Crippen molar-refractivity contribution in [3.8, 4) is 27.9 Å². The summed E-state index contributed by atoms with van der Waals surface area (Å²) in [6.07, 6.45) is 0. The zero-order valence-electron chi connectivity index (χ0n) is 26.9. The van der Waals surface area contributed by atoms with Crippen LogP contribution in [0.4, 0.5) is 17.1 Å². The summed E-state index contributed by atoms with van der Waals surface area (Å²) in [5, 5.41) is 3.23. The summed E-state index contributed by atoms with van der Waals surface area (Å²) in [5.74, 6) is 0. The van der Waals surface area contributed by atoms with E-state index in [0.717, 1.165) is 22.1 Å². The van der Waals surface area contributed by atoms with Crippen LogP contribution in [-0.4, -0.2) is 4.57 Å². The number of hydrogen-bond donors (Lipinski definition) is 0. The molecule has 0 amide bonds. The fourth-order valence-electron chi connectivity index (χ4n) is 7.68. The number of aromatic nitrogens is 1. The normalized spacial score (nSPS) is 13.1. The van der Waals surface area contributed by atoms with Crippen molar-refractivity contribution in [2.24, 2.45) is 0 Å². The van der Waals surface area contributed by atoms with E-state index in [1.165, 1.54) is 60.9 Å². The van der Waals surface area contributed by atoms with Crippen LogP contribution in [0.15, 0.2) is 164 Å². The highest BCUT2D eigenvalue weighted by molar-refractivity contribution is 6.30. The summed E-state index contributed by atoms with van der Waals surface area (Å²) in [6.45, 7) is 4.66.